The number of nitrogens with two attached hydrogens (primary N) is 1. The van der Waals surface area contributed by atoms with Crippen LogP contribution in [0.2, 0.25) is 5.02 Å². The molecule has 1 saturated carbocycles. The molecule has 1 aliphatic carbocycles. The van der Waals surface area contributed by atoms with Gasteiger partial charge in [-0.3, -0.25) is 28.5 Å². The molecule has 1 aliphatic rings. The Bertz CT molecular complexity index is 1750. The predicted molar refractivity (Wildman–Crippen MR) is 188 cm³/mol. The zero-order chi connectivity index (χ0) is 36.5. The fraction of sp³-hybridized carbons (Fsp3) is 0.441. The quantitative estimate of drug-likeness (QED) is 0.0855. The van der Waals surface area contributed by atoms with Gasteiger partial charge in [0, 0.05) is 48.6 Å². The summed E-state index contributed by atoms with van der Waals surface area (Å²) in [5.74, 6) is -3.10. The highest BCUT2D eigenvalue weighted by atomic mass is 35.5. The van der Waals surface area contributed by atoms with Gasteiger partial charge in [0.1, 0.15) is 17.6 Å². The number of aromatic nitrogens is 1. The van der Waals surface area contributed by atoms with Crippen LogP contribution in [0.5, 0.6) is 0 Å². The van der Waals surface area contributed by atoms with Crippen molar-refractivity contribution in [1.82, 2.24) is 25.8 Å². The normalized spacial score (nSPS) is 15.4. The first-order valence-corrected chi connectivity index (χ1v) is 18.6. The lowest BCUT2D eigenvalue weighted by Gasteiger charge is -2.38. The number of aryl methyl sites for hydroxylation is 1. The minimum atomic E-state index is -4.27. The molecule has 0 unspecified atom stereocenters. The lowest BCUT2D eigenvalue weighted by Crippen LogP contribution is -2.65. The van der Waals surface area contributed by atoms with Gasteiger partial charge in [-0.25, -0.2) is 0 Å². The molecular formula is C34H44ClN6O8P. The first kappa shape index (κ1) is 38.6. The van der Waals surface area contributed by atoms with E-state index in [1.807, 2.05) is 29.0 Å². The number of carbonyl (C=O) groups is 5. The van der Waals surface area contributed by atoms with Gasteiger partial charge in [-0.15, -0.1) is 0 Å². The summed E-state index contributed by atoms with van der Waals surface area (Å²) in [7, 11) is -4.27. The molecule has 16 heteroatoms. The maximum atomic E-state index is 13.9. The molecule has 1 aromatic heterocycles. The minimum absolute atomic E-state index is 0.0402. The zero-order valence-corrected chi connectivity index (χ0v) is 29.5. The van der Waals surface area contributed by atoms with Gasteiger partial charge in [0.05, 0.1) is 12.6 Å². The summed E-state index contributed by atoms with van der Waals surface area (Å²) < 4.78 is 13.4. The van der Waals surface area contributed by atoms with Crippen LogP contribution in [-0.2, 0) is 47.7 Å². The Labute approximate surface area is 295 Å². The zero-order valence-electron chi connectivity index (χ0n) is 27.8. The monoisotopic (exact) mass is 730 g/mol. The van der Waals surface area contributed by atoms with E-state index in [1.54, 1.807) is 18.2 Å². The molecule has 50 heavy (non-hydrogen) atoms. The second-order valence-electron chi connectivity index (χ2n) is 12.8. The van der Waals surface area contributed by atoms with Crippen molar-refractivity contribution in [1.29, 1.82) is 0 Å². The van der Waals surface area contributed by atoms with Crippen molar-refractivity contribution in [2.75, 3.05) is 6.54 Å². The molecule has 2 atom stereocenters. The Morgan fingerprint density at radius 2 is 1.62 bits per heavy atom. The van der Waals surface area contributed by atoms with Crippen LogP contribution < -0.4 is 27.0 Å². The molecule has 0 radical (unpaired) electrons. The van der Waals surface area contributed by atoms with Crippen LogP contribution in [0.4, 0.5) is 0 Å². The van der Waals surface area contributed by atoms with Gasteiger partial charge in [-0.2, -0.15) is 0 Å². The first-order valence-electron chi connectivity index (χ1n) is 16.5. The molecule has 0 bridgehead atoms. The van der Waals surface area contributed by atoms with E-state index in [1.165, 1.54) is 19.1 Å². The molecule has 0 saturated heterocycles. The van der Waals surface area contributed by atoms with E-state index >= 15 is 0 Å². The van der Waals surface area contributed by atoms with Gasteiger partial charge < -0.3 is 41.4 Å². The molecule has 2 aromatic carbocycles. The molecule has 3 aromatic rings. The largest absolute Gasteiger partial charge is 0.370 e. The summed E-state index contributed by atoms with van der Waals surface area (Å²) in [5, 5.41) is 12.6. The standard InChI is InChI=1S/C34H44ClN6O8P/c1-22(42)38-27(18-23-6-8-24(9-7-23)21-50(47,48)49)32(45)40-34(13-3-2-4-14-34)33(46)39-28(20-30(36)43)31(44)37-15-5-16-41-17-12-25-19-26(35)10-11-29(25)41/h6-12,17,19,27-28H,2-5,13-16,18,20-21H2,1H3,(H2,36,43)(H,37,44)(H,38,42)(H,39,46)(H,40,45)(H2,47,48,49)/t27-,28-/m0/s1. The highest BCUT2D eigenvalue weighted by Gasteiger charge is 2.43. The maximum Gasteiger partial charge on any atom is 0.329 e. The van der Waals surface area contributed by atoms with Crippen molar-refractivity contribution in [2.24, 2.45) is 5.73 Å². The predicted octanol–water partition coefficient (Wildman–Crippen LogP) is 2.41. The van der Waals surface area contributed by atoms with Crippen molar-refractivity contribution in [3.8, 4) is 0 Å². The number of nitrogens with zero attached hydrogens (tertiary/aromatic N) is 1. The summed E-state index contributed by atoms with van der Waals surface area (Å²) >= 11 is 6.08. The van der Waals surface area contributed by atoms with Gasteiger partial charge in [0.15, 0.2) is 0 Å². The third-order valence-electron chi connectivity index (χ3n) is 8.68. The average Bonchev–Trinajstić information content (AvgIpc) is 3.44. The molecule has 1 heterocycles. The molecule has 1 fully saturated rings. The molecule has 0 spiro atoms. The fourth-order valence-corrected chi connectivity index (χ4v) is 7.12. The van der Waals surface area contributed by atoms with E-state index in [0.29, 0.717) is 42.0 Å². The topological polar surface area (TPSA) is 222 Å². The van der Waals surface area contributed by atoms with Crippen LogP contribution in [0.3, 0.4) is 0 Å². The molecule has 4 rings (SSSR count). The smallest absolute Gasteiger partial charge is 0.329 e. The lowest BCUT2D eigenvalue weighted by atomic mass is 9.80. The fourth-order valence-electron chi connectivity index (χ4n) is 6.25. The summed E-state index contributed by atoms with van der Waals surface area (Å²) in [6, 6.07) is 11.5. The maximum absolute atomic E-state index is 13.9. The Kier molecular flexibility index (Phi) is 13.2. The number of carbonyl (C=O) groups excluding carboxylic acids is 5. The molecule has 8 N–H and O–H groups in total. The van der Waals surface area contributed by atoms with E-state index in [0.717, 1.165) is 17.3 Å². The van der Waals surface area contributed by atoms with Gasteiger partial charge in [-0.05, 0) is 54.7 Å². The number of benzene rings is 2. The molecular weight excluding hydrogens is 687 g/mol. The van der Waals surface area contributed by atoms with Gasteiger partial charge in [-0.1, -0.05) is 55.1 Å². The van der Waals surface area contributed by atoms with E-state index < -0.39 is 67.3 Å². The Hall–Kier alpha value is -4.23. The van der Waals surface area contributed by atoms with Crippen LogP contribution in [-0.4, -0.2) is 68.1 Å². The number of rotatable bonds is 16. The van der Waals surface area contributed by atoms with E-state index in [-0.39, 0.29) is 25.8 Å². The van der Waals surface area contributed by atoms with Crippen molar-refractivity contribution >= 4 is 59.6 Å². The number of hydrogen-bond donors (Lipinski definition) is 7. The Morgan fingerprint density at radius 3 is 2.26 bits per heavy atom. The summed E-state index contributed by atoms with van der Waals surface area (Å²) in [6.45, 7) is 2.12. The highest BCUT2D eigenvalue weighted by Crippen LogP contribution is 2.39. The minimum Gasteiger partial charge on any atom is -0.370 e. The van der Waals surface area contributed by atoms with Crippen LogP contribution >= 0.6 is 19.2 Å². The van der Waals surface area contributed by atoms with Crippen molar-refractivity contribution in [3.05, 3.63) is 70.9 Å². The van der Waals surface area contributed by atoms with Gasteiger partial charge >= 0.3 is 7.60 Å². The van der Waals surface area contributed by atoms with E-state index in [4.69, 9.17) is 17.3 Å². The van der Waals surface area contributed by atoms with Crippen LogP contribution in [0.15, 0.2) is 54.7 Å². The second kappa shape index (κ2) is 17.1. The van der Waals surface area contributed by atoms with Crippen molar-refractivity contribution < 1.29 is 38.3 Å². The number of nitrogens with one attached hydrogen (secondary N) is 4. The van der Waals surface area contributed by atoms with Gasteiger partial charge in [0.25, 0.3) is 0 Å². The van der Waals surface area contributed by atoms with Crippen LogP contribution in [0.1, 0.15) is 63.0 Å². The van der Waals surface area contributed by atoms with Crippen LogP contribution in [0.25, 0.3) is 10.9 Å². The third-order valence-corrected chi connectivity index (χ3v) is 9.70. The molecule has 0 aliphatic heterocycles. The van der Waals surface area contributed by atoms with E-state index in [9.17, 15) is 38.3 Å². The van der Waals surface area contributed by atoms with E-state index in [2.05, 4.69) is 21.3 Å². The molecule has 270 valence electrons. The number of halogens is 1. The third kappa shape index (κ3) is 11.1. The summed E-state index contributed by atoms with van der Waals surface area (Å²) in [4.78, 5) is 83.4. The van der Waals surface area contributed by atoms with Crippen LogP contribution in [0, 0.1) is 0 Å². The number of hydrogen-bond acceptors (Lipinski definition) is 6. The molecule has 5 amide bonds. The second-order valence-corrected chi connectivity index (χ2v) is 14.9. The number of primary amides is 1. The molecule has 14 nitrogen and oxygen atoms in total. The first-order chi connectivity index (χ1) is 23.6. The highest BCUT2D eigenvalue weighted by molar-refractivity contribution is 7.50. The van der Waals surface area contributed by atoms with Crippen molar-refractivity contribution in [2.45, 2.75) is 88.6 Å². The number of fused-ring (bicyclic) bond motifs is 1. The summed E-state index contributed by atoms with van der Waals surface area (Å²) in [6.07, 6.45) is 4.26. The SMILES string of the molecule is CC(=O)N[C@@H](Cc1ccc(CP(=O)(O)O)cc1)C(=O)NC1(C(=O)N[C@@H](CC(N)=O)C(=O)NCCCn2ccc3cc(Cl)ccc32)CCCCC1. The average molecular weight is 731 g/mol. The Balaban J connectivity index is 1.42. The number of amides is 5. The van der Waals surface area contributed by atoms with Gasteiger partial charge in [0.2, 0.25) is 29.5 Å². The lowest BCUT2D eigenvalue weighted by molar-refractivity contribution is -0.139. The van der Waals surface area contributed by atoms with Crippen molar-refractivity contribution in [3.63, 3.8) is 0 Å². The Morgan fingerprint density at radius 1 is 0.940 bits per heavy atom. The summed E-state index contributed by atoms with van der Waals surface area (Å²) in [5.41, 5.74) is 6.06.